The average molecular weight is 459 g/mol. The van der Waals surface area contributed by atoms with Gasteiger partial charge in [-0.2, -0.15) is 0 Å². The Balaban J connectivity index is 0.00000324. The monoisotopic (exact) mass is 458 g/mol. The molecule has 0 bridgehead atoms. The Kier molecular flexibility index (Phi) is 6.89. The molecule has 0 aliphatic carbocycles. The van der Waals surface area contributed by atoms with Crippen molar-refractivity contribution < 1.29 is 15.8 Å². The minimum absolute atomic E-state index is 0. The molecule has 3 aliphatic heterocycles. The number of rotatable bonds is 2. The number of amides is 3. The lowest BCUT2D eigenvalue weighted by molar-refractivity contribution is 0.0467. The Bertz CT molecular complexity index is 856. The standard InChI is InChI=1S/C26H40N4O3.H2/c1-5-33-24(32)29-14-10-21(11-15-29)28-16-12-26(13-17-28)19-30(23(31)27-25(2,3)4)18-20-8-6-7-9-22(20)26;/h6-9,21H,5,10-19H2,1-4H3,(H,27,31);1H. The first-order valence-electron chi connectivity index (χ1n) is 12.5. The number of piperidine rings is 2. The van der Waals surface area contributed by atoms with Gasteiger partial charge >= 0.3 is 12.1 Å². The van der Waals surface area contributed by atoms with Crippen LogP contribution in [0.2, 0.25) is 0 Å². The highest BCUT2D eigenvalue weighted by atomic mass is 16.6. The highest BCUT2D eigenvalue weighted by Gasteiger charge is 2.44. The van der Waals surface area contributed by atoms with Gasteiger partial charge < -0.3 is 24.8 Å². The number of urea groups is 1. The molecule has 0 unspecified atom stereocenters. The van der Waals surface area contributed by atoms with E-state index in [1.807, 2.05) is 37.5 Å². The number of nitrogens with zero attached hydrogens (tertiary/aromatic N) is 3. The molecule has 1 N–H and O–H groups in total. The Hall–Kier alpha value is -2.28. The van der Waals surface area contributed by atoms with E-state index in [0.717, 1.165) is 58.4 Å². The molecule has 1 aromatic carbocycles. The number of carbonyl (C=O) groups is 2. The van der Waals surface area contributed by atoms with E-state index in [-0.39, 0.29) is 24.5 Å². The van der Waals surface area contributed by atoms with E-state index < -0.39 is 0 Å². The zero-order valence-corrected chi connectivity index (χ0v) is 20.7. The van der Waals surface area contributed by atoms with Gasteiger partial charge in [-0.25, -0.2) is 9.59 Å². The van der Waals surface area contributed by atoms with Crippen molar-refractivity contribution in [1.82, 2.24) is 20.0 Å². The second-order valence-electron chi connectivity index (χ2n) is 10.9. The summed E-state index contributed by atoms with van der Waals surface area (Å²) in [5.41, 5.74) is 2.49. The van der Waals surface area contributed by atoms with Crippen molar-refractivity contribution in [2.45, 2.75) is 76.9 Å². The van der Waals surface area contributed by atoms with Gasteiger partial charge in [-0.3, -0.25) is 0 Å². The SMILES string of the molecule is CCOC(=O)N1CCC(N2CCC3(CC2)CN(C(=O)NC(C)(C)C)Cc2ccccc23)CC1.[HH]. The topological polar surface area (TPSA) is 65.1 Å². The van der Waals surface area contributed by atoms with Gasteiger partial charge in [-0.05, 0) is 77.6 Å². The third-order valence-corrected chi connectivity index (χ3v) is 7.47. The fraction of sp³-hybridized carbons (Fsp3) is 0.692. The van der Waals surface area contributed by atoms with Crippen LogP contribution in [0.1, 0.15) is 65.9 Å². The first-order chi connectivity index (χ1) is 15.7. The summed E-state index contributed by atoms with van der Waals surface area (Å²) >= 11 is 0. The number of benzene rings is 1. The van der Waals surface area contributed by atoms with Gasteiger partial charge in [-0.15, -0.1) is 0 Å². The second-order valence-corrected chi connectivity index (χ2v) is 10.9. The molecule has 33 heavy (non-hydrogen) atoms. The Morgan fingerprint density at radius 2 is 1.76 bits per heavy atom. The Morgan fingerprint density at radius 3 is 2.39 bits per heavy atom. The molecule has 0 radical (unpaired) electrons. The number of ether oxygens (including phenoxy) is 1. The van der Waals surface area contributed by atoms with Crippen molar-refractivity contribution in [3.8, 4) is 0 Å². The molecule has 0 atom stereocenters. The number of carbonyl (C=O) groups excluding carboxylic acids is 2. The van der Waals surface area contributed by atoms with Crippen LogP contribution in [0.25, 0.3) is 0 Å². The lowest BCUT2D eigenvalue weighted by Crippen LogP contribution is -2.58. The molecular weight excluding hydrogens is 416 g/mol. The van der Waals surface area contributed by atoms with E-state index in [1.54, 1.807) is 0 Å². The maximum atomic E-state index is 13.1. The molecule has 1 spiro atoms. The smallest absolute Gasteiger partial charge is 0.409 e. The van der Waals surface area contributed by atoms with Crippen molar-refractivity contribution in [1.29, 1.82) is 0 Å². The molecule has 0 saturated carbocycles. The van der Waals surface area contributed by atoms with Crippen molar-refractivity contribution >= 4 is 12.1 Å². The zero-order chi connectivity index (χ0) is 23.6. The van der Waals surface area contributed by atoms with Crippen LogP contribution in [0.5, 0.6) is 0 Å². The molecule has 7 nitrogen and oxygen atoms in total. The molecular formula is C26H42N4O3. The van der Waals surface area contributed by atoms with Crippen LogP contribution in [-0.4, -0.2) is 77.7 Å². The van der Waals surface area contributed by atoms with Crippen LogP contribution >= 0.6 is 0 Å². The van der Waals surface area contributed by atoms with E-state index in [0.29, 0.717) is 19.2 Å². The number of hydrogen-bond donors (Lipinski definition) is 1. The van der Waals surface area contributed by atoms with Crippen molar-refractivity contribution in [3.63, 3.8) is 0 Å². The molecule has 1 aromatic rings. The molecule has 2 saturated heterocycles. The zero-order valence-electron chi connectivity index (χ0n) is 20.7. The highest BCUT2D eigenvalue weighted by molar-refractivity contribution is 5.75. The summed E-state index contributed by atoms with van der Waals surface area (Å²) in [7, 11) is 0. The van der Waals surface area contributed by atoms with Crippen LogP contribution in [0.4, 0.5) is 9.59 Å². The van der Waals surface area contributed by atoms with Gasteiger partial charge in [-0.1, -0.05) is 24.3 Å². The van der Waals surface area contributed by atoms with E-state index in [4.69, 9.17) is 4.74 Å². The summed E-state index contributed by atoms with van der Waals surface area (Å²) in [5, 5.41) is 3.16. The fourth-order valence-corrected chi connectivity index (χ4v) is 5.80. The van der Waals surface area contributed by atoms with Gasteiger partial charge in [0.1, 0.15) is 0 Å². The maximum Gasteiger partial charge on any atom is 0.409 e. The molecule has 4 rings (SSSR count). The van der Waals surface area contributed by atoms with Gasteiger partial charge in [0.2, 0.25) is 0 Å². The first kappa shape index (κ1) is 23.9. The van der Waals surface area contributed by atoms with Crippen LogP contribution in [0.15, 0.2) is 24.3 Å². The average Bonchev–Trinajstić information content (AvgIpc) is 2.79. The third kappa shape index (κ3) is 5.29. The van der Waals surface area contributed by atoms with E-state index in [9.17, 15) is 9.59 Å². The molecule has 184 valence electrons. The molecule has 2 fully saturated rings. The predicted molar refractivity (Wildman–Crippen MR) is 131 cm³/mol. The number of nitrogens with one attached hydrogen (secondary N) is 1. The number of hydrogen-bond acceptors (Lipinski definition) is 4. The van der Waals surface area contributed by atoms with Crippen molar-refractivity contribution in [2.24, 2.45) is 0 Å². The lowest BCUT2D eigenvalue weighted by atomic mass is 9.68. The van der Waals surface area contributed by atoms with Gasteiger partial charge in [0.05, 0.1) is 6.61 Å². The van der Waals surface area contributed by atoms with Crippen LogP contribution in [-0.2, 0) is 16.7 Å². The van der Waals surface area contributed by atoms with E-state index in [1.165, 1.54) is 11.1 Å². The molecule has 3 aliphatic rings. The van der Waals surface area contributed by atoms with Gasteiger partial charge in [0.25, 0.3) is 0 Å². The fourth-order valence-electron chi connectivity index (χ4n) is 5.80. The summed E-state index contributed by atoms with van der Waals surface area (Å²) in [4.78, 5) is 31.6. The summed E-state index contributed by atoms with van der Waals surface area (Å²) in [5.74, 6) is 0. The normalized spacial score (nSPS) is 21.6. The predicted octanol–water partition coefficient (Wildman–Crippen LogP) is 4.21. The first-order valence-corrected chi connectivity index (χ1v) is 12.5. The summed E-state index contributed by atoms with van der Waals surface area (Å²) in [6.07, 6.45) is 3.94. The number of likely N-dealkylation sites (tertiary alicyclic amines) is 2. The van der Waals surface area contributed by atoms with Crippen molar-refractivity contribution in [3.05, 3.63) is 35.4 Å². The lowest BCUT2D eigenvalue weighted by Gasteiger charge is -2.50. The minimum Gasteiger partial charge on any atom is -0.450 e. The van der Waals surface area contributed by atoms with Gasteiger partial charge in [0, 0.05) is 44.6 Å². The summed E-state index contributed by atoms with van der Waals surface area (Å²) < 4.78 is 5.17. The van der Waals surface area contributed by atoms with E-state index in [2.05, 4.69) is 34.5 Å². The molecule has 0 aromatic heterocycles. The van der Waals surface area contributed by atoms with Crippen LogP contribution in [0, 0.1) is 0 Å². The number of fused-ring (bicyclic) bond motifs is 2. The quantitative estimate of drug-likeness (QED) is 0.721. The Morgan fingerprint density at radius 1 is 1.09 bits per heavy atom. The summed E-state index contributed by atoms with van der Waals surface area (Å²) in [6.45, 7) is 13.4. The van der Waals surface area contributed by atoms with Crippen molar-refractivity contribution in [2.75, 3.05) is 39.3 Å². The summed E-state index contributed by atoms with van der Waals surface area (Å²) in [6, 6.07) is 9.25. The second kappa shape index (κ2) is 9.53. The minimum atomic E-state index is -0.247. The van der Waals surface area contributed by atoms with Crippen LogP contribution < -0.4 is 5.32 Å². The van der Waals surface area contributed by atoms with Gasteiger partial charge in [0.15, 0.2) is 0 Å². The molecule has 7 heteroatoms. The van der Waals surface area contributed by atoms with Crippen LogP contribution in [0.3, 0.4) is 0 Å². The highest BCUT2D eigenvalue weighted by Crippen LogP contribution is 2.42. The largest absolute Gasteiger partial charge is 0.450 e. The molecule has 3 amide bonds. The third-order valence-electron chi connectivity index (χ3n) is 7.47. The molecule has 3 heterocycles. The Labute approximate surface area is 199 Å². The maximum absolute atomic E-state index is 13.1. The van der Waals surface area contributed by atoms with E-state index >= 15 is 0 Å².